The number of aromatic amines is 1. The van der Waals surface area contributed by atoms with Crippen LogP contribution in [0.15, 0.2) is 36.4 Å². The minimum atomic E-state index is 0.0195. The van der Waals surface area contributed by atoms with Crippen molar-refractivity contribution >= 4 is 5.91 Å². The molecule has 4 nitrogen and oxygen atoms in total. The fourth-order valence-electron chi connectivity index (χ4n) is 4.27. The first kappa shape index (κ1) is 15.5. The Hall–Kier alpha value is -2.07. The summed E-state index contributed by atoms with van der Waals surface area (Å²) in [6, 6.07) is 12.8. The van der Waals surface area contributed by atoms with E-state index in [9.17, 15) is 4.79 Å². The molecule has 3 unspecified atom stereocenters. The Kier molecular flexibility index (Phi) is 3.93. The largest absolute Gasteiger partial charge is 0.353 e. The SMILES string of the molecule is CN(C)C(=O)c1ccc(CNCC2C3CCc4ccccc4C32)[nH]1. The van der Waals surface area contributed by atoms with Gasteiger partial charge in [0.15, 0.2) is 0 Å². The molecule has 1 heterocycles. The number of hydrogen-bond donors (Lipinski definition) is 2. The van der Waals surface area contributed by atoms with Crippen LogP contribution in [0.4, 0.5) is 0 Å². The lowest BCUT2D eigenvalue weighted by molar-refractivity contribution is 0.0822. The van der Waals surface area contributed by atoms with Gasteiger partial charge in [0.1, 0.15) is 5.69 Å². The summed E-state index contributed by atoms with van der Waals surface area (Å²) in [6.07, 6.45) is 2.57. The lowest BCUT2D eigenvalue weighted by Gasteiger charge is -2.13. The second-order valence-corrected chi connectivity index (χ2v) is 7.32. The van der Waals surface area contributed by atoms with Crippen LogP contribution in [0, 0.1) is 11.8 Å². The molecule has 4 heteroatoms. The maximum absolute atomic E-state index is 11.9. The normalized spacial score (nSPS) is 24.2. The van der Waals surface area contributed by atoms with Crippen molar-refractivity contribution in [2.75, 3.05) is 20.6 Å². The first-order valence-corrected chi connectivity index (χ1v) is 8.83. The second kappa shape index (κ2) is 6.10. The van der Waals surface area contributed by atoms with Crippen LogP contribution in [0.25, 0.3) is 0 Å². The van der Waals surface area contributed by atoms with E-state index in [1.807, 2.05) is 12.1 Å². The molecule has 0 spiro atoms. The van der Waals surface area contributed by atoms with Gasteiger partial charge >= 0.3 is 0 Å². The topological polar surface area (TPSA) is 48.1 Å². The van der Waals surface area contributed by atoms with Crippen molar-refractivity contribution in [1.29, 1.82) is 0 Å². The third-order valence-corrected chi connectivity index (χ3v) is 5.57. The van der Waals surface area contributed by atoms with E-state index >= 15 is 0 Å². The van der Waals surface area contributed by atoms with Crippen molar-refractivity contribution in [3.8, 4) is 0 Å². The summed E-state index contributed by atoms with van der Waals surface area (Å²) in [5.41, 5.74) is 4.87. The van der Waals surface area contributed by atoms with Crippen LogP contribution < -0.4 is 5.32 Å². The second-order valence-electron chi connectivity index (χ2n) is 7.32. The van der Waals surface area contributed by atoms with Crippen molar-refractivity contribution in [3.05, 3.63) is 58.9 Å². The molecule has 0 radical (unpaired) electrons. The number of aryl methyl sites for hydroxylation is 1. The molecule has 0 bridgehead atoms. The highest BCUT2D eigenvalue weighted by atomic mass is 16.2. The Balaban J connectivity index is 1.31. The van der Waals surface area contributed by atoms with Crippen molar-refractivity contribution in [1.82, 2.24) is 15.2 Å². The quantitative estimate of drug-likeness (QED) is 0.889. The zero-order valence-corrected chi connectivity index (χ0v) is 14.4. The Morgan fingerprint density at radius 2 is 2.08 bits per heavy atom. The maximum Gasteiger partial charge on any atom is 0.269 e. The number of fused-ring (bicyclic) bond motifs is 3. The van der Waals surface area contributed by atoms with Crippen LogP contribution in [0.3, 0.4) is 0 Å². The molecule has 1 aromatic heterocycles. The van der Waals surface area contributed by atoms with E-state index in [4.69, 9.17) is 0 Å². The van der Waals surface area contributed by atoms with Crippen molar-refractivity contribution in [3.63, 3.8) is 0 Å². The number of benzene rings is 1. The summed E-state index contributed by atoms with van der Waals surface area (Å²) in [7, 11) is 3.54. The average molecular weight is 323 g/mol. The summed E-state index contributed by atoms with van der Waals surface area (Å²) in [6.45, 7) is 1.85. The molecule has 0 saturated heterocycles. The number of H-pyrrole nitrogens is 1. The van der Waals surface area contributed by atoms with Gasteiger partial charge in [-0.2, -0.15) is 0 Å². The van der Waals surface area contributed by atoms with Gasteiger partial charge in [0.05, 0.1) is 0 Å². The number of amides is 1. The molecule has 2 N–H and O–H groups in total. The number of carbonyl (C=O) groups is 1. The van der Waals surface area contributed by atoms with Crippen LogP contribution in [-0.2, 0) is 13.0 Å². The number of carbonyl (C=O) groups excluding carboxylic acids is 1. The van der Waals surface area contributed by atoms with Crippen LogP contribution in [0.1, 0.15) is 39.6 Å². The molecular weight excluding hydrogens is 298 g/mol. The number of rotatable bonds is 5. The molecule has 3 atom stereocenters. The van der Waals surface area contributed by atoms with Gasteiger partial charge in [0.2, 0.25) is 0 Å². The first-order chi connectivity index (χ1) is 11.6. The predicted molar refractivity (Wildman–Crippen MR) is 95.0 cm³/mol. The molecule has 1 aromatic carbocycles. The Morgan fingerprint density at radius 1 is 1.25 bits per heavy atom. The molecule has 1 amide bonds. The first-order valence-electron chi connectivity index (χ1n) is 8.83. The summed E-state index contributed by atoms with van der Waals surface area (Å²) >= 11 is 0. The van der Waals surface area contributed by atoms with E-state index in [1.54, 1.807) is 30.1 Å². The van der Waals surface area contributed by atoms with E-state index in [0.29, 0.717) is 5.69 Å². The molecule has 1 fully saturated rings. The summed E-state index contributed by atoms with van der Waals surface area (Å²) in [4.78, 5) is 16.7. The van der Waals surface area contributed by atoms with Gasteiger partial charge < -0.3 is 15.2 Å². The zero-order chi connectivity index (χ0) is 16.7. The monoisotopic (exact) mass is 323 g/mol. The van der Waals surface area contributed by atoms with Gasteiger partial charge in [-0.25, -0.2) is 0 Å². The summed E-state index contributed by atoms with van der Waals surface area (Å²) < 4.78 is 0. The third-order valence-electron chi connectivity index (χ3n) is 5.57. The van der Waals surface area contributed by atoms with E-state index in [2.05, 4.69) is 34.6 Å². The van der Waals surface area contributed by atoms with E-state index in [0.717, 1.165) is 36.5 Å². The van der Waals surface area contributed by atoms with E-state index in [-0.39, 0.29) is 5.91 Å². The summed E-state index contributed by atoms with van der Waals surface area (Å²) in [5, 5.41) is 3.58. The smallest absolute Gasteiger partial charge is 0.269 e. The fourth-order valence-corrected chi connectivity index (χ4v) is 4.27. The standard InChI is InChI=1S/C20H25N3O/c1-23(2)20(24)18-10-8-14(22-18)11-21-12-17-16-9-7-13-5-3-4-6-15(13)19(16)17/h3-6,8,10,16-17,19,21-22H,7,9,11-12H2,1-2H3. The molecule has 24 heavy (non-hydrogen) atoms. The lowest BCUT2D eigenvalue weighted by atomic mass is 9.92. The lowest BCUT2D eigenvalue weighted by Crippen LogP contribution is -2.22. The Bertz CT molecular complexity index is 749. The summed E-state index contributed by atoms with van der Waals surface area (Å²) in [5.74, 6) is 2.41. The molecule has 2 aliphatic carbocycles. The molecule has 1 saturated carbocycles. The van der Waals surface area contributed by atoms with Gasteiger partial charge in [-0.3, -0.25) is 4.79 Å². The van der Waals surface area contributed by atoms with Crippen molar-refractivity contribution < 1.29 is 4.79 Å². The van der Waals surface area contributed by atoms with Crippen molar-refractivity contribution in [2.45, 2.75) is 25.3 Å². The highest BCUT2D eigenvalue weighted by Gasteiger charge is 2.52. The number of nitrogens with one attached hydrogen (secondary N) is 2. The van der Waals surface area contributed by atoms with Crippen LogP contribution in [-0.4, -0.2) is 36.4 Å². The van der Waals surface area contributed by atoms with Gasteiger partial charge in [0, 0.05) is 26.3 Å². The highest BCUT2D eigenvalue weighted by molar-refractivity contribution is 5.92. The predicted octanol–water partition coefficient (Wildman–Crippen LogP) is 2.78. The van der Waals surface area contributed by atoms with E-state index < -0.39 is 0 Å². The molecule has 2 aromatic rings. The number of hydrogen-bond acceptors (Lipinski definition) is 2. The van der Waals surface area contributed by atoms with Crippen molar-refractivity contribution in [2.24, 2.45) is 11.8 Å². The van der Waals surface area contributed by atoms with Crippen LogP contribution in [0.2, 0.25) is 0 Å². The number of aromatic nitrogens is 1. The zero-order valence-electron chi connectivity index (χ0n) is 14.4. The minimum absolute atomic E-state index is 0.0195. The Morgan fingerprint density at radius 3 is 2.92 bits per heavy atom. The fraction of sp³-hybridized carbons (Fsp3) is 0.450. The van der Waals surface area contributed by atoms with Gasteiger partial charge in [-0.15, -0.1) is 0 Å². The Labute approximate surface area is 143 Å². The molecule has 126 valence electrons. The van der Waals surface area contributed by atoms with Gasteiger partial charge in [-0.05, 0) is 60.4 Å². The van der Waals surface area contributed by atoms with Crippen LogP contribution in [0.5, 0.6) is 0 Å². The van der Waals surface area contributed by atoms with E-state index in [1.165, 1.54) is 12.8 Å². The molecule has 4 rings (SSSR count). The highest BCUT2D eigenvalue weighted by Crippen LogP contribution is 2.59. The average Bonchev–Trinajstić information content (AvgIpc) is 3.10. The third kappa shape index (κ3) is 2.75. The molecule has 2 aliphatic rings. The molecule has 0 aliphatic heterocycles. The van der Waals surface area contributed by atoms with Gasteiger partial charge in [0.25, 0.3) is 5.91 Å². The van der Waals surface area contributed by atoms with Gasteiger partial charge in [-0.1, -0.05) is 24.3 Å². The maximum atomic E-state index is 11.9. The number of nitrogens with zero attached hydrogens (tertiary/aromatic N) is 1. The van der Waals surface area contributed by atoms with Crippen LogP contribution >= 0.6 is 0 Å². The minimum Gasteiger partial charge on any atom is -0.353 e. The molecular formula is C20H25N3O.